The molecule has 0 spiro atoms. The lowest BCUT2D eigenvalue weighted by molar-refractivity contribution is 0.501. The van der Waals surface area contributed by atoms with Crippen LogP contribution in [0.4, 0.5) is 0 Å². The Morgan fingerprint density at radius 2 is 1.21 bits per heavy atom. The van der Waals surface area contributed by atoms with Gasteiger partial charge in [-0.05, 0) is 13.5 Å². The third-order valence-electron chi connectivity index (χ3n) is 2.61. The Hall–Kier alpha value is 0.390. The highest BCUT2D eigenvalue weighted by atomic mass is 31.0. The summed E-state index contributed by atoms with van der Waals surface area (Å²) in [6.45, 7) is 3.50. The number of unbranched alkanes of at least 4 members (excludes halogenated alkanes) is 8. The fourth-order valence-corrected chi connectivity index (χ4v) is 1.85. The molecule has 1 atom stereocenters. The lowest BCUT2D eigenvalue weighted by Gasteiger charge is -2.08. The molecule has 0 amide bonds. The van der Waals surface area contributed by atoms with Gasteiger partial charge in [0.05, 0.1) is 0 Å². The van der Waals surface area contributed by atoms with Crippen LogP contribution in [-0.4, -0.2) is 18.3 Å². The summed E-state index contributed by atoms with van der Waals surface area (Å²) in [4.78, 5) is 0. The molecule has 1 unspecified atom stereocenters. The molecule has 0 saturated carbocycles. The standard InChI is InChI=1S/C12H28NP/c1-3-4-5-6-7-8-9-10-11-12-13(2)14/h3-12,14H2,1-2H3. The molecule has 0 aliphatic rings. The zero-order valence-corrected chi connectivity index (χ0v) is 11.3. The minimum atomic E-state index is 1.22. The third-order valence-corrected chi connectivity index (χ3v) is 2.87. The van der Waals surface area contributed by atoms with Crippen molar-refractivity contribution in [3.8, 4) is 0 Å². The molecule has 86 valence electrons. The van der Waals surface area contributed by atoms with Crippen molar-refractivity contribution in [1.29, 1.82) is 0 Å². The summed E-state index contributed by atoms with van der Waals surface area (Å²) in [5, 5.41) is 0. The normalized spacial score (nSPS) is 11.1. The van der Waals surface area contributed by atoms with Gasteiger partial charge < -0.3 is 0 Å². The highest BCUT2D eigenvalue weighted by Gasteiger charge is 1.92. The number of rotatable bonds is 10. The smallest absolute Gasteiger partial charge is 0.00131 e. The van der Waals surface area contributed by atoms with Crippen molar-refractivity contribution in [2.24, 2.45) is 0 Å². The van der Waals surface area contributed by atoms with E-state index < -0.39 is 0 Å². The van der Waals surface area contributed by atoms with E-state index in [9.17, 15) is 0 Å². The molecule has 0 bridgehead atoms. The van der Waals surface area contributed by atoms with E-state index in [4.69, 9.17) is 0 Å². The first-order chi connectivity index (χ1) is 6.77. The largest absolute Gasteiger partial charge is 0.290 e. The van der Waals surface area contributed by atoms with E-state index in [0.717, 1.165) is 0 Å². The molecule has 0 aliphatic carbocycles. The molecule has 14 heavy (non-hydrogen) atoms. The van der Waals surface area contributed by atoms with Crippen molar-refractivity contribution in [3.05, 3.63) is 0 Å². The van der Waals surface area contributed by atoms with Crippen LogP contribution in [0.25, 0.3) is 0 Å². The summed E-state index contributed by atoms with van der Waals surface area (Å²) >= 11 is 0. The molecule has 0 aromatic carbocycles. The van der Waals surface area contributed by atoms with E-state index in [1.165, 1.54) is 64.3 Å². The minimum Gasteiger partial charge on any atom is -0.290 e. The molecular weight excluding hydrogens is 189 g/mol. The monoisotopic (exact) mass is 217 g/mol. The minimum absolute atomic E-state index is 1.22. The highest BCUT2D eigenvalue weighted by molar-refractivity contribution is 7.13. The van der Waals surface area contributed by atoms with Gasteiger partial charge in [-0.15, -0.1) is 0 Å². The second-order valence-corrected chi connectivity index (χ2v) is 5.19. The molecular formula is C12H28NP. The van der Waals surface area contributed by atoms with Gasteiger partial charge in [-0.3, -0.25) is 4.67 Å². The quantitative estimate of drug-likeness (QED) is 0.391. The topological polar surface area (TPSA) is 3.24 Å². The fourth-order valence-electron chi connectivity index (χ4n) is 1.67. The Morgan fingerprint density at radius 1 is 0.786 bits per heavy atom. The average molecular weight is 217 g/mol. The summed E-state index contributed by atoms with van der Waals surface area (Å²) in [7, 11) is 4.84. The van der Waals surface area contributed by atoms with Gasteiger partial charge in [0, 0.05) is 6.54 Å². The molecule has 0 saturated heterocycles. The summed E-state index contributed by atoms with van der Waals surface area (Å²) < 4.78 is 2.20. The van der Waals surface area contributed by atoms with Gasteiger partial charge in [0.2, 0.25) is 0 Å². The van der Waals surface area contributed by atoms with Crippen LogP contribution in [0.15, 0.2) is 0 Å². The van der Waals surface area contributed by atoms with Crippen molar-refractivity contribution < 1.29 is 0 Å². The van der Waals surface area contributed by atoms with E-state index >= 15 is 0 Å². The Balaban J connectivity index is 2.85. The van der Waals surface area contributed by atoms with Crippen molar-refractivity contribution in [2.45, 2.75) is 64.7 Å². The van der Waals surface area contributed by atoms with Gasteiger partial charge in [-0.1, -0.05) is 67.7 Å². The second-order valence-electron chi connectivity index (χ2n) is 4.31. The molecule has 0 aliphatic heterocycles. The molecule has 0 N–H and O–H groups in total. The van der Waals surface area contributed by atoms with Gasteiger partial charge in [-0.25, -0.2) is 0 Å². The van der Waals surface area contributed by atoms with Gasteiger partial charge in [0.1, 0.15) is 0 Å². The van der Waals surface area contributed by atoms with Crippen LogP contribution >= 0.6 is 9.39 Å². The van der Waals surface area contributed by atoms with Gasteiger partial charge >= 0.3 is 0 Å². The van der Waals surface area contributed by atoms with E-state index in [2.05, 4.69) is 28.0 Å². The third kappa shape index (κ3) is 12.4. The molecule has 0 fully saturated rings. The van der Waals surface area contributed by atoms with Gasteiger partial charge in [-0.2, -0.15) is 0 Å². The second kappa shape index (κ2) is 11.5. The van der Waals surface area contributed by atoms with Crippen molar-refractivity contribution in [2.75, 3.05) is 13.6 Å². The number of hydrogen-bond donors (Lipinski definition) is 0. The molecule has 1 nitrogen and oxygen atoms in total. The maximum Gasteiger partial charge on any atom is 0.00131 e. The van der Waals surface area contributed by atoms with Gasteiger partial charge in [0.15, 0.2) is 0 Å². The Bertz CT molecular complexity index is 104. The van der Waals surface area contributed by atoms with Gasteiger partial charge in [0.25, 0.3) is 0 Å². The first kappa shape index (κ1) is 14.4. The Morgan fingerprint density at radius 3 is 1.64 bits per heavy atom. The highest BCUT2D eigenvalue weighted by Crippen LogP contribution is 2.10. The van der Waals surface area contributed by atoms with E-state index in [1.54, 1.807) is 0 Å². The van der Waals surface area contributed by atoms with Crippen molar-refractivity contribution >= 4 is 9.39 Å². The van der Waals surface area contributed by atoms with Crippen LogP contribution in [0.2, 0.25) is 0 Å². The van der Waals surface area contributed by atoms with Crippen molar-refractivity contribution in [3.63, 3.8) is 0 Å². The van der Waals surface area contributed by atoms with Crippen LogP contribution in [-0.2, 0) is 0 Å². The summed E-state index contributed by atoms with van der Waals surface area (Å²) in [5.41, 5.74) is 0. The van der Waals surface area contributed by atoms with Crippen LogP contribution in [0.1, 0.15) is 64.7 Å². The molecule has 0 heterocycles. The maximum absolute atomic E-state index is 2.72. The maximum atomic E-state index is 2.72. The Kier molecular flexibility index (Phi) is 11.8. The first-order valence-electron chi connectivity index (χ1n) is 6.23. The van der Waals surface area contributed by atoms with E-state index in [0.29, 0.717) is 0 Å². The molecule has 2 heteroatoms. The fraction of sp³-hybridized carbons (Fsp3) is 1.00. The number of hydrogen-bond acceptors (Lipinski definition) is 1. The van der Waals surface area contributed by atoms with E-state index in [-0.39, 0.29) is 0 Å². The Labute approximate surface area is 92.9 Å². The lowest BCUT2D eigenvalue weighted by atomic mass is 10.1. The predicted molar refractivity (Wildman–Crippen MR) is 69.6 cm³/mol. The van der Waals surface area contributed by atoms with Crippen LogP contribution in [0.3, 0.4) is 0 Å². The zero-order chi connectivity index (χ0) is 10.6. The number of nitrogens with zero attached hydrogens (tertiary/aromatic N) is 1. The predicted octanol–water partition coefficient (Wildman–Crippen LogP) is 4.24. The van der Waals surface area contributed by atoms with E-state index in [1.807, 2.05) is 0 Å². The SMILES string of the molecule is CCCCCCCCCCCN(C)P. The van der Waals surface area contributed by atoms with Crippen LogP contribution < -0.4 is 0 Å². The molecule has 0 radical (unpaired) electrons. The lowest BCUT2D eigenvalue weighted by Crippen LogP contribution is -2.04. The van der Waals surface area contributed by atoms with Crippen LogP contribution in [0.5, 0.6) is 0 Å². The average Bonchev–Trinajstić information content (AvgIpc) is 2.15. The summed E-state index contributed by atoms with van der Waals surface area (Å²) in [6, 6.07) is 0. The van der Waals surface area contributed by atoms with Crippen molar-refractivity contribution in [1.82, 2.24) is 4.67 Å². The van der Waals surface area contributed by atoms with Crippen LogP contribution in [0, 0.1) is 0 Å². The first-order valence-corrected chi connectivity index (χ1v) is 6.75. The molecule has 0 aromatic heterocycles. The molecule has 0 rings (SSSR count). The zero-order valence-electron chi connectivity index (χ0n) is 10.1. The summed E-state index contributed by atoms with van der Waals surface area (Å²) in [5.74, 6) is 0. The molecule has 0 aromatic rings. The summed E-state index contributed by atoms with van der Waals surface area (Å²) in [6.07, 6.45) is 12.8.